The quantitative estimate of drug-likeness (QED) is 0.0699. The third-order valence-corrected chi connectivity index (χ3v) is 24.5. The van der Waals surface area contributed by atoms with Crippen molar-refractivity contribution in [3.8, 4) is 55.6 Å². The highest BCUT2D eigenvalue weighted by Crippen LogP contribution is 2.42. The number of hydrogen-bond donors (Lipinski definition) is 11. The topological polar surface area (TPSA) is 502 Å². The zero-order valence-corrected chi connectivity index (χ0v) is 70.8. The number of aromatic amines is 1. The van der Waals surface area contributed by atoms with Gasteiger partial charge in [-0.15, -0.1) is 4.68 Å². The summed E-state index contributed by atoms with van der Waals surface area (Å²) in [4.78, 5) is 53.2. The molecule has 15 aromatic rings. The first-order chi connectivity index (χ1) is 60.2. The minimum Gasteiger partial charge on any atom is -0.447 e. The van der Waals surface area contributed by atoms with Crippen LogP contribution in [0.25, 0.3) is 83.9 Å². The molecule has 2 unspecified atom stereocenters. The first-order valence-electron chi connectivity index (χ1n) is 41.5. The molecule has 0 aliphatic carbocycles. The largest absolute Gasteiger partial charge is 0.447 e. The van der Waals surface area contributed by atoms with E-state index in [2.05, 4.69) is 99.5 Å². The number of amides is 2. The van der Waals surface area contributed by atoms with E-state index in [1.54, 1.807) is 87.9 Å². The van der Waals surface area contributed by atoms with Crippen molar-refractivity contribution < 1.29 is 33.2 Å². The minimum absolute atomic E-state index is 0.0253. The third-order valence-electron chi connectivity index (χ3n) is 23.7. The average Bonchev–Trinajstić information content (AvgIpc) is 1.68. The van der Waals surface area contributed by atoms with Crippen LogP contribution in [0, 0.1) is 6.92 Å². The number of cyclic esters (lactones) is 1. The number of fused-ring (bicyclic) bond motifs is 6. The van der Waals surface area contributed by atoms with E-state index >= 15 is 0 Å². The molecular weight excluding hydrogens is 1650 g/mol. The Balaban J connectivity index is 0.000000106. The standard InChI is InChI=1S/C17H19N7O2.C17H21N7O2.C17H20N6.C16H20N8O.C15H18BrN7O/c1-22-7-11(5-19-22)13-6-20-24-15(18)4-14(21-16(13)24)10-2-3-12-9-26-17(25)23(12)8-10;1-23-10-11(7-20-23)12-8-21-24-15(18)6-14(22-16(12)24)13-9-19-3-2-17(13)25-4-5-26-17;1-12-10-16(22-14-4-8-19-9-5-14)23-17(21-12)15(11-20-23)13-2-6-18-7-3-13;1-23-8-10(6-20-23)11-7-21-24-14(17)4-13(22-16(11)24)9-2-3-12(15(18)25)19-5-9;1-22-8-9(5-19-22)11-7-20-23-14(17)13(16)12(21-15(11)23)4-10-6-18-2-3-24-10/h4-7,10,12H,2-3,8-9,18H2,1H3;6-8,10,13,19H,2-5,9,18H2,1H3;2-3,6-7,10-11,14,19,22H,4-5,8-9H2,1H3;4,6-9,12,19H,2-3,5,17H2,1H3,(H2,18,25);5,7-8,10,18H,2-4,6H2,1H3,(H2,17,20,21)/p+1/t10-,12-;;;9-,12-;/m0..0./s1. The van der Waals surface area contributed by atoms with E-state index in [1.165, 1.54) is 0 Å². The molecule has 0 bridgehead atoms. The number of aryl methyl sites for hydroxylation is 5. The number of aromatic nitrogens is 24. The number of anilines is 5. The number of nitrogens with two attached hydrogens (primary N) is 5. The molecule has 0 radical (unpaired) electrons. The average molecular weight is 1750 g/mol. The first kappa shape index (κ1) is 82.0. The van der Waals surface area contributed by atoms with Crippen LogP contribution in [-0.4, -0.2) is 238 Å². The summed E-state index contributed by atoms with van der Waals surface area (Å²) in [6.45, 7) is 11.2. The zero-order valence-electron chi connectivity index (χ0n) is 69.3. The van der Waals surface area contributed by atoms with Gasteiger partial charge >= 0.3 is 6.09 Å². The second-order valence-electron chi connectivity index (χ2n) is 32.1. The molecule has 22 rings (SSSR count). The number of ether oxygens (including phenoxy) is 4. The van der Waals surface area contributed by atoms with Gasteiger partial charge in [-0.3, -0.25) is 23.8 Å². The Kier molecular flexibility index (Phi) is 23.2. The maximum Gasteiger partial charge on any atom is 0.410 e. The molecule has 124 heavy (non-hydrogen) atoms. The number of nitrogens with one attached hydrogen (secondary N) is 6. The summed E-state index contributed by atoms with van der Waals surface area (Å²) < 4.78 is 39.4. The Bertz CT molecular complexity index is 6350. The number of morpholine rings is 1. The number of hydrogen-bond acceptors (Lipinski definition) is 29. The molecule has 7 fully saturated rings. The monoisotopic (exact) mass is 1750 g/mol. The lowest BCUT2D eigenvalue weighted by Gasteiger charge is -2.39. The summed E-state index contributed by atoms with van der Waals surface area (Å²) in [6, 6.07) is 12.0. The molecule has 6 atom stereocenters. The van der Waals surface area contributed by atoms with Crippen LogP contribution in [0.1, 0.15) is 91.2 Å². The molecule has 7 aliphatic rings. The Morgan fingerprint density at radius 1 is 0.589 bits per heavy atom. The summed E-state index contributed by atoms with van der Waals surface area (Å²) in [7, 11) is 7.56. The molecule has 42 heteroatoms. The molecule has 0 saturated carbocycles. The Morgan fingerprint density at radius 3 is 1.70 bits per heavy atom. The summed E-state index contributed by atoms with van der Waals surface area (Å²) in [5.74, 6) is 2.54. The normalized spacial score (nSPS) is 20.1. The van der Waals surface area contributed by atoms with E-state index in [0.717, 1.165) is 190 Å². The molecule has 7 aliphatic heterocycles. The number of nitrogen functional groups attached to an aromatic ring is 4. The van der Waals surface area contributed by atoms with Crippen molar-refractivity contribution in [3.05, 3.63) is 162 Å². The van der Waals surface area contributed by atoms with Gasteiger partial charge in [0.1, 0.15) is 35.7 Å². The molecule has 16 N–H and O–H groups in total. The molecule has 0 aromatic carbocycles. The van der Waals surface area contributed by atoms with E-state index in [-0.39, 0.29) is 47.9 Å². The molecule has 2 amide bonds. The summed E-state index contributed by atoms with van der Waals surface area (Å²) in [5.41, 5.74) is 48.2. The van der Waals surface area contributed by atoms with E-state index in [9.17, 15) is 9.59 Å². The first-order valence-corrected chi connectivity index (χ1v) is 42.3. The van der Waals surface area contributed by atoms with Crippen LogP contribution in [0.3, 0.4) is 0 Å². The fraction of sp³-hybridized carbons (Fsp3) is 0.402. The van der Waals surface area contributed by atoms with Crippen LogP contribution in [0.5, 0.6) is 0 Å². The second kappa shape index (κ2) is 35.1. The van der Waals surface area contributed by atoms with E-state index in [4.69, 9.17) is 72.5 Å². The van der Waals surface area contributed by atoms with Crippen molar-refractivity contribution in [2.75, 3.05) is 107 Å². The van der Waals surface area contributed by atoms with Gasteiger partial charge in [-0.1, -0.05) is 0 Å². The predicted octanol–water partition coefficient (Wildman–Crippen LogP) is 4.66. The van der Waals surface area contributed by atoms with Gasteiger partial charge in [0.05, 0.1) is 138 Å². The molecule has 1 spiro atoms. The van der Waals surface area contributed by atoms with Gasteiger partial charge in [-0.05, 0) is 92.2 Å². The fourth-order valence-electron chi connectivity index (χ4n) is 17.2. The molecule has 644 valence electrons. The van der Waals surface area contributed by atoms with Crippen LogP contribution < -0.4 is 59.9 Å². The summed E-state index contributed by atoms with van der Waals surface area (Å²) in [5, 5.41) is 54.8. The SMILES string of the molecule is C[n+]1cc(-c2cnn3c(N)c(Br)c(CC4CNCCO4)nc23)c[nH]1.Cc1cc(NC2CCNCC2)n2ncc(-c3ccncc3)c2n1.Cn1cc(-c2cnn3c(N)cc(C4CNCCC45OCCO5)nc23)cn1.Cn1cc(-c2cnn3c(N)cc([C@H]4CC[C@@H](C(N)=O)NC4)nc23)cn1.Cn1cc(-c2cnn3c(N)cc([C@H]4CC[C@H]5COC(=O)N5C4)nc23)cn1. The Hall–Kier alpha value is -13.0. The van der Waals surface area contributed by atoms with Gasteiger partial charge in [-0.25, -0.2) is 29.7 Å². The zero-order chi connectivity index (χ0) is 85.4. The van der Waals surface area contributed by atoms with Crippen molar-refractivity contribution in [1.82, 2.24) is 139 Å². The number of nitrogens with zero attached hydrogens (tertiary/aromatic N) is 24. The fourth-order valence-corrected chi connectivity index (χ4v) is 17.6. The van der Waals surface area contributed by atoms with E-state index in [1.807, 2.05) is 117 Å². The highest BCUT2D eigenvalue weighted by molar-refractivity contribution is 9.10. The van der Waals surface area contributed by atoms with E-state index in [0.29, 0.717) is 92.0 Å². The lowest BCUT2D eigenvalue weighted by molar-refractivity contribution is -0.726. The van der Waals surface area contributed by atoms with Crippen molar-refractivity contribution in [2.24, 2.45) is 33.9 Å². The van der Waals surface area contributed by atoms with Gasteiger partial charge in [-0.2, -0.15) is 68.5 Å². The molecule has 7 saturated heterocycles. The summed E-state index contributed by atoms with van der Waals surface area (Å²) in [6.07, 6.45) is 34.6. The van der Waals surface area contributed by atoms with Gasteiger partial charge in [0, 0.05) is 191 Å². The number of H-pyrrole nitrogens is 1. The highest BCUT2D eigenvalue weighted by Gasteiger charge is 2.48. The predicted molar refractivity (Wildman–Crippen MR) is 463 cm³/mol. The number of primary amides is 1. The summed E-state index contributed by atoms with van der Waals surface area (Å²) >= 11 is 3.56. The number of piperidine rings is 4. The van der Waals surface area contributed by atoms with Crippen LogP contribution in [0.2, 0.25) is 0 Å². The molecule has 15 aromatic heterocycles. The number of carbonyl (C=O) groups is 2. The molecule has 41 nitrogen and oxygen atoms in total. The van der Waals surface area contributed by atoms with Gasteiger partial charge in [0.25, 0.3) is 0 Å². The van der Waals surface area contributed by atoms with Crippen LogP contribution >= 0.6 is 15.9 Å². The van der Waals surface area contributed by atoms with Crippen molar-refractivity contribution >= 4 is 85.3 Å². The third kappa shape index (κ3) is 16.8. The number of rotatable bonds is 13. The van der Waals surface area contributed by atoms with Crippen LogP contribution in [0.15, 0.2) is 134 Å². The lowest BCUT2D eigenvalue weighted by Crippen LogP contribution is -2.49. The molecule has 22 heterocycles. The van der Waals surface area contributed by atoms with Gasteiger partial charge in [0.15, 0.2) is 41.1 Å². The number of carbonyl (C=O) groups excluding carboxylic acids is 2. The van der Waals surface area contributed by atoms with Crippen LogP contribution in [-0.2, 0) is 58.4 Å². The maximum absolute atomic E-state index is 11.9. The number of halogens is 1. The van der Waals surface area contributed by atoms with Gasteiger partial charge < -0.3 is 79.1 Å². The highest BCUT2D eigenvalue weighted by atomic mass is 79.9. The smallest absolute Gasteiger partial charge is 0.410 e. The minimum atomic E-state index is -0.614. The Morgan fingerprint density at radius 2 is 1.14 bits per heavy atom. The second-order valence-corrected chi connectivity index (χ2v) is 32.9. The van der Waals surface area contributed by atoms with Gasteiger partial charge in [0.2, 0.25) is 12.1 Å². The number of pyridine rings is 1. The van der Waals surface area contributed by atoms with Crippen molar-refractivity contribution in [3.63, 3.8) is 0 Å². The lowest BCUT2D eigenvalue weighted by atomic mass is 9.88. The molecular formula is C82H99BrN35O6+. The maximum atomic E-state index is 11.9. The van der Waals surface area contributed by atoms with Crippen molar-refractivity contribution in [1.29, 1.82) is 0 Å². The van der Waals surface area contributed by atoms with Crippen molar-refractivity contribution in [2.45, 2.75) is 106 Å². The van der Waals surface area contributed by atoms with E-state index < -0.39 is 5.79 Å². The Labute approximate surface area is 718 Å². The van der Waals surface area contributed by atoms with Crippen LogP contribution in [0.4, 0.5) is 33.9 Å².